The second kappa shape index (κ2) is 5.84. The predicted octanol–water partition coefficient (Wildman–Crippen LogP) is 0.872. The topological polar surface area (TPSA) is 52.8 Å². The van der Waals surface area contributed by atoms with Gasteiger partial charge in [-0.3, -0.25) is 0 Å². The predicted molar refractivity (Wildman–Crippen MR) is 72.9 cm³/mol. The van der Waals surface area contributed by atoms with Gasteiger partial charge in [-0.15, -0.1) is 0 Å². The van der Waals surface area contributed by atoms with E-state index in [4.69, 9.17) is 5.11 Å². The summed E-state index contributed by atoms with van der Waals surface area (Å²) in [5.74, 6) is 0.951. The number of likely N-dealkylation sites (N-methyl/N-ethyl adjacent to an activating group) is 1. The molecule has 2 rings (SSSR count). The van der Waals surface area contributed by atoms with E-state index in [2.05, 4.69) is 26.5 Å². The molecule has 0 aromatic carbocycles. The van der Waals surface area contributed by atoms with Crippen molar-refractivity contribution in [2.24, 2.45) is 0 Å². The molecule has 0 amide bonds. The lowest BCUT2D eigenvalue weighted by atomic mass is 10.3. The molecular formula is C13H20N4O. The van der Waals surface area contributed by atoms with Gasteiger partial charge < -0.3 is 19.7 Å². The minimum absolute atomic E-state index is 0.140. The molecule has 5 heteroatoms. The summed E-state index contributed by atoms with van der Waals surface area (Å²) in [6, 6.07) is 5.98. The third kappa shape index (κ3) is 2.32. The molecule has 0 aliphatic carbocycles. The van der Waals surface area contributed by atoms with Crippen molar-refractivity contribution < 1.29 is 5.11 Å². The van der Waals surface area contributed by atoms with Crippen LogP contribution in [0.5, 0.6) is 0 Å². The molecule has 0 bridgehead atoms. The fraction of sp³-hybridized carbons (Fsp3) is 0.462. The van der Waals surface area contributed by atoms with Crippen LogP contribution in [-0.2, 0) is 6.54 Å². The molecule has 2 heterocycles. The highest BCUT2D eigenvalue weighted by molar-refractivity contribution is 5.55. The van der Waals surface area contributed by atoms with Gasteiger partial charge in [0, 0.05) is 25.8 Å². The van der Waals surface area contributed by atoms with Gasteiger partial charge in [0.15, 0.2) is 5.82 Å². The van der Waals surface area contributed by atoms with E-state index >= 15 is 0 Å². The number of rotatable bonds is 6. The fourth-order valence-corrected chi connectivity index (χ4v) is 2.15. The molecule has 0 aliphatic rings. The highest BCUT2D eigenvalue weighted by Gasteiger charge is 2.15. The van der Waals surface area contributed by atoms with Gasteiger partial charge in [-0.25, -0.2) is 4.98 Å². The van der Waals surface area contributed by atoms with Gasteiger partial charge in [0.2, 0.25) is 0 Å². The van der Waals surface area contributed by atoms with E-state index in [-0.39, 0.29) is 6.61 Å². The molecule has 0 saturated heterocycles. The second-order valence-corrected chi connectivity index (χ2v) is 4.14. The Balaban J connectivity index is 2.50. The van der Waals surface area contributed by atoms with Crippen molar-refractivity contribution in [2.75, 3.05) is 31.6 Å². The van der Waals surface area contributed by atoms with Gasteiger partial charge in [0.1, 0.15) is 5.65 Å². The number of aromatic nitrogens is 2. The van der Waals surface area contributed by atoms with Crippen molar-refractivity contribution in [3.63, 3.8) is 0 Å². The quantitative estimate of drug-likeness (QED) is 0.796. The Morgan fingerprint density at radius 2 is 2.28 bits per heavy atom. The number of fused-ring (bicyclic) bond motifs is 1. The summed E-state index contributed by atoms with van der Waals surface area (Å²) in [4.78, 5) is 6.76. The molecule has 2 aromatic heterocycles. The molecule has 18 heavy (non-hydrogen) atoms. The van der Waals surface area contributed by atoms with E-state index in [1.165, 1.54) is 0 Å². The van der Waals surface area contributed by atoms with Gasteiger partial charge in [0.25, 0.3) is 0 Å². The maximum atomic E-state index is 9.13. The Labute approximate surface area is 107 Å². The van der Waals surface area contributed by atoms with Crippen LogP contribution in [0.3, 0.4) is 0 Å². The summed E-state index contributed by atoms with van der Waals surface area (Å²) in [6.07, 6.45) is 2.02. The first-order valence-electron chi connectivity index (χ1n) is 6.28. The van der Waals surface area contributed by atoms with Gasteiger partial charge >= 0.3 is 0 Å². The summed E-state index contributed by atoms with van der Waals surface area (Å²) in [6.45, 7) is 4.41. The van der Waals surface area contributed by atoms with Crippen LogP contribution in [0.1, 0.15) is 12.6 Å². The van der Waals surface area contributed by atoms with Crippen LogP contribution in [0.2, 0.25) is 0 Å². The number of anilines is 1. The summed E-state index contributed by atoms with van der Waals surface area (Å²) in [5, 5.41) is 12.3. The number of nitrogens with zero attached hydrogens (tertiary/aromatic N) is 3. The summed E-state index contributed by atoms with van der Waals surface area (Å²) >= 11 is 0. The highest BCUT2D eigenvalue weighted by Crippen LogP contribution is 2.21. The van der Waals surface area contributed by atoms with E-state index in [0.717, 1.165) is 30.2 Å². The maximum absolute atomic E-state index is 9.13. The lowest BCUT2D eigenvalue weighted by molar-refractivity contribution is 0.302. The number of imidazole rings is 1. The first-order chi connectivity index (χ1) is 8.81. The Hall–Kier alpha value is -1.59. The molecule has 0 spiro atoms. The molecule has 98 valence electrons. The zero-order valence-corrected chi connectivity index (χ0v) is 10.9. The minimum atomic E-state index is 0.140. The van der Waals surface area contributed by atoms with Crippen LogP contribution >= 0.6 is 0 Å². The summed E-state index contributed by atoms with van der Waals surface area (Å²) in [7, 11) is 1.93. The average molecular weight is 248 g/mol. The monoisotopic (exact) mass is 248 g/mol. The van der Waals surface area contributed by atoms with E-state index in [1.807, 2.05) is 31.4 Å². The number of pyridine rings is 1. The zero-order valence-electron chi connectivity index (χ0n) is 10.9. The highest BCUT2D eigenvalue weighted by atomic mass is 16.3. The number of hydrogen-bond donors (Lipinski definition) is 2. The van der Waals surface area contributed by atoms with Crippen LogP contribution in [-0.4, -0.2) is 41.2 Å². The van der Waals surface area contributed by atoms with Crippen molar-refractivity contribution in [1.29, 1.82) is 0 Å². The Morgan fingerprint density at radius 1 is 1.44 bits per heavy atom. The van der Waals surface area contributed by atoms with Crippen molar-refractivity contribution in [3.8, 4) is 0 Å². The maximum Gasteiger partial charge on any atom is 0.152 e. The van der Waals surface area contributed by atoms with Gasteiger partial charge in [-0.1, -0.05) is 6.07 Å². The summed E-state index contributed by atoms with van der Waals surface area (Å²) < 4.78 is 2.09. The normalized spacial score (nSPS) is 11.1. The molecular weight excluding hydrogens is 228 g/mol. The average Bonchev–Trinajstić information content (AvgIpc) is 2.76. The minimum Gasteiger partial charge on any atom is -0.395 e. The van der Waals surface area contributed by atoms with Gasteiger partial charge in [-0.05, 0) is 26.1 Å². The molecule has 0 fully saturated rings. The number of aliphatic hydroxyl groups excluding tert-OH is 1. The summed E-state index contributed by atoms with van der Waals surface area (Å²) in [5.41, 5.74) is 2.07. The number of nitrogens with one attached hydrogen (secondary N) is 1. The Kier molecular flexibility index (Phi) is 4.17. The SMILES string of the molecule is CCN(CCO)c1nc2ccccn2c1CNC. The largest absolute Gasteiger partial charge is 0.395 e. The van der Waals surface area contributed by atoms with Crippen molar-refractivity contribution in [3.05, 3.63) is 30.1 Å². The van der Waals surface area contributed by atoms with Gasteiger partial charge in [0.05, 0.1) is 12.3 Å². The van der Waals surface area contributed by atoms with E-state index < -0.39 is 0 Å². The van der Waals surface area contributed by atoms with Crippen LogP contribution < -0.4 is 10.2 Å². The van der Waals surface area contributed by atoms with Gasteiger partial charge in [-0.2, -0.15) is 0 Å². The smallest absolute Gasteiger partial charge is 0.152 e. The number of hydrogen-bond acceptors (Lipinski definition) is 4. The van der Waals surface area contributed by atoms with Crippen LogP contribution in [0.15, 0.2) is 24.4 Å². The fourth-order valence-electron chi connectivity index (χ4n) is 2.15. The third-order valence-electron chi connectivity index (χ3n) is 3.00. The Bertz CT molecular complexity index is 509. The lowest BCUT2D eigenvalue weighted by Crippen LogP contribution is -2.28. The first kappa shape index (κ1) is 12.9. The van der Waals surface area contributed by atoms with E-state index in [9.17, 15) is 0 Å². The third-order valence-corrected chi connectivity index (χ3v) is 3.00. The zero-order chi connectivity index (χ0) is 13.0. The molecule has 5 nitrogen and oxygen atoms in total. The molecule has 0 unspecified atom stereocenters. The molecule has 0 saturated carbocycles. The molecule has 2 aromatic rings. The second-order valence-electron chi connectivity index (χ2n) is 4.14. The van der Waals surface area contributed by atoms with E-state index in [1.54, 1.807) is 0 Å². The van der Waals surface area contributed by atoms with E-state index in [0.29, 0.717) is 6.54 Å². The van der Waals surface area contributed by atoms with Crippen molar-refractivity contribution in [1.82, 2.24) is 14.7 Å². The van der Waals surface area contributed by atoms with Crippen LogP contribution in [0, 0.1) is 0 Å². The molecule has 0 aliphatic heterocycles. The molecule has 0 radical (unpaired) electrons. The lowest BCUT2D eigenvalue weighted by Gasteiger charge is -2.20. The molecule has 0 atom stereocenters. The number of aliphatic hydroxyl groups is 1. The standard InChI is InChI=1S/C13H20N4O/c1-3-16(8-9-18)13-11(10-14-2)17-7-5-4-6-12(17)15-13/h4-7,14,18H,3,8-10H2,1-2H3. The van der Waals surface area contributed by atoms with Crippen LogP contribution in [0.4, 0.5) is 5.82 Å². The first-order valence-corrected chi connectivity index (χ1v) is 6.28. The van der Waals surface area contributed by atoms with Crippen molar-refractivity contribution >= 4 is 11.5 Å². The van der Waals surface area contributed by atoms with Crippen molar-refractivity contribution in [2.45, 2.75) is 13.5 Å². The Morgan fingerprint density at radius 3 is 2.94 bits per heavy atom. The molecule has 2 N–H and O–H groups in total. The van der Waals surface area contributed by atoms with Crippen LogP contribution in [0.25, 0.3) is 5.65 Å².